The number of carbonyl (C=O) groups excluding carboxylic acids is 2. The van der Waals surface area contributed by atoms with E-state index in [1.807, 2.05) is 73.5 Å². The molecule has 286 valence electrons. The molecule has 0 bridgehead atoms. The van der Waals surface area contributed by atoms with Gasteiger partial charge in [0.25, 0.3) is 11.8 Å². The van der Waals surface area contributed by atoms with Crippen LogP contribution < -0.4 is 16.0 Å². The Morgan fingerprint density at radius 2 is 1.24 bits per heavy atom. The second-order valence-corrected chi connectivity index (χ2v) is 16.1. The maximum absolute atomic E-state index is 13.7. The number of aromatic nitrogens is 2. The maximum Gasteiger partial charge on any atom is 0.320 e. The van der Waals surface area contributed by atoms with Crippen LogP contribution in [0.15, 0.2) is 60.9 Å². The minimum absolute atomic E-state index is 0.225. The van der Waals surface area contributed by atoms with Gasteiger partial charge in [-0.1, -0.05) is 43.5 Å². The molecule has 55 heavy (non-hydrogen) atoms. The molecule has 0 radical (unpaired) electrons. The molecule has 4 aliphatic rings. The predicted molar refractivity (Wildman–Crippen MR) is 214 cm³/mol. The number of hydrogen-bond acceptors (Lipinski definition) is 7. The van der Waals surface area contributed by atoms with Gasteiger partial charge in [0.2, 0.25) is 0 Å². The van der Waals surface area contributed by atoms with Crippen molar-refractivity contribution in [1.82, 2.24) is 20.2 Å². The minimum Gasteiger partial charge on any atom is -0.480 e. The van der Waals surface area contributed by atoms with Gasteiger partial charge >= 0.3 is 5.97 Å². The number of aliphatic carboxylic acids is 1. The Balaban J connectivity index is 0.971. The first-order valence-corrected chi connectivity index (χ1v) is 20.2. The number of benzene rings is 2. The third kappa shape index (κ3) is 8.36. The van der Waals surface area contributed by atoms with E-state index in [4.69, 9.17) is 0 Å². The second-order valence-electron chi connectivity index (χ2n) is 16.1. The zero-order valence-corrected chi connectivity index (χ0v) is 32.0. The lowest BCUT2D eigenvalue weighted by atomic mass is 9.94. The van der Waals surface area contributed by atoms with Crippen LogP contribution in [-0.2, 0) is 17.9 Å². The Hall–Kier alpha value is -4.93. The molecular formula is C45H52N6O4. The molecule has 3 saturated carbocycles. The number of hydrogen-bond donors (Lipinski definition) is 4. The lowest BCUT2D eigenvalue weighted by molar-refractivity contribution is -0.144. The molecule has 3 heterocycles. The van der Waals surface area contributed by atoms with Crippen LogP contribution in [0.4, 0.5) is 11.4 Å². The van der Waals surface area contributed by atoms with Crippen LogP contribution in [0.2, 0.25) is 0 Å². The summed E-state index contributed by atoms with van der Waals surface area (Å²) in [6, 6.07) is 15.7. The summed E-state index contributed by atoms with van der Waals surface area (Å²) in [4.78, 5) is 50.5. The molecule has 1 atom stereocenters. The number of nitrogens with zero attached hydrogens (tertiary/aromatic N) is 3. The van der Waals surface area contributed by atoms with Crippen molar-refractivity contribution in [3.05, 3.63) is 106 Å². The highest BCUT2D eigenvalue weighted by Gasteiger charge is 2.32. The molecule has 2 amide bonds. The van der Waals surface area contributed by atoms with Gasteiger partial charge in [0.15, 0.2) is 0 Å². The topological polar surface area (TPSA) is 137 Å². The van der Waals surface area contributed by atoms with Crippen LogP contribution in [0.5, 0.6) is 0 Å². The third-order valence-electron chi connectivity index (χ3n) is 12.2. The molecule has 4 fully saturated rings. The standard InChI is InChI=1S/C45H52N6O4/c1-27-34(11-7-13-38(27)49-43(52)40-21-36(29-16-17-29)31(24-47-40)23-46-33-9-3-4-10-33)35-12-8-14-39(28(35)2)50-44(53)41-22-37(30-18-19-30)32(25-48-41)26-51-20-6-5-15-42(51)45(54)55/h7-8,11-14,21-22,24-25,29-30,33,42,46H,3-6,9-10,15-20,23,26H2,1-2H3,(H,49,52)(H,50,53)(H,54,55)/t42-/m0/s1. The van der Waals surface area contributed by atoms with Crippen molar-refractivity contribution in [2.45, 2.75) is 121 Å². The van der Waals surface area contributed by atoms with E-state index in [1.54, 1.807) is 6.20 Å². The van der Waals surface area contributed by atoms with Gasteiger partial charge in [-0.25, -0.2) is 0 Å². The van der Waals surface area contributed by atoms with Crippen LogP contribution in [0.25, 0.3) is 11.1 Å². The van der Waals surface area contributed by atoms with E-state index >= 15 is 0 Å². The summed E-state index contributed by atoms with van der Waals surface area (Å²) in [6.45, 7) is 6.07. The van der Waals surface area contributed by atoms with E-state index in [1.165, 1.54) is 36.8 Å². The fourth-order valence-corrected chi connectivity index (χ4v) is 8.64. The monoisotopic (exact) mass is 740 g/mol. The van der Waals surface area contributed by atoms with Gasteiger partial charge in [0, 0.05) is 42.9 Å². The molecule has 1 aliphatic heterocycles. The first-order chi connectivity index (χ1) is 26.7. The molecule has 1 saturated heterocycles. The molecule has 10 nitrogen and oxygen atoms in total. The van der Waals surface area contributed by atoms with E-state index in [2.05, 4.69) is 25.9 Å². The van der Waals surface area contributed by atoms with Crippen molar-refractivity contribution in [3.8, 4) is 11.1 Å². The maximum atomic E-state index is 13.7. The first-order valence-electron chi connectivity index (χ1n) is 20.2. The van der Waals surface area contributed by atoms with Gasteiger partial charge in [0.05, 0.1) is 0 Å². The molecule has 10 heteroatoms. The van der Waals surface area contributed by atoms with Crippen molar-refractivity contribution >= 4 is 29.2 Å². The van der Waals surface area contributed by atoms with E-state index in [0.717, 1.165) is 85.0 Å². The van der Waals surface area contributed by atoms with E-state index in [0.29, 0.717) is 53.6 Å². The third-order valence-corrected chi connectivity index (χ3v) is 12.2. The lowest BCUT2D eigenvalue weighted by Gasteiger charge is -2.33. The predicted octanol–water partition coefficient (Wildman–Crippen LogP) is 8.49. The second kappa shape index (κ2) is 16.0. The van der Waals surface area contributed by atoms with E-state index < -0.39 is 12.0 Å². The van der Waals surface area contributed by atoms with E-state index in [-0.39, 0.29) is 11.8 Å². The highest BCUT2D eigenvalue weighted by Crippen LogP contribution is 2.43. The molecule has 0 spiro atoms. The van der Waals surface area contributed by atoms with Crippen LogP contribution in [0.3, 0.4) is 0 Å². The number of piperidine rings is 1. The van der Waals surface area contributed by atoms with Crippen molar-refractivity contribution in [2.24, 2.45) is 0 Å². The Labute approximate surface area is 323 Å². The SMILES string of the molecule is Cc1c(NC(=O)c2cc(C3CC3)c(CNC3CCCC3)cn2)cccc1-c1cccc(NC(=O)c2cc(C3CC3)c(CN3CCCC[C@H]3C(=O)O)cn2)c1C. The highest BCUT2D eigenvalue weighted by atomic mass is 16.4. The Morgan fingerprint density at radius 3 is 1.78 bits per heavy atom. The fourth-order valence-electron chi connectivity index (χ4n) is 8.64. The van der Waals surface area contributed by atoms with Gasteiger partial charge in [-0.15, -0.1) is 0 Å². The first kappa shape index (κ1) is 37.0. The quantitative estimate of drug-likeness (QED) is 0.107. The van der Waals surface area contributed by atoms with Crippen molar-refractivity contribution in [3.63, 3.8) is 0 Å². The fraction of sp³-hybridized carbons (Fsp3) is 0.444. The minimum atomic E-state index is -0.774. The van der Waals surface area contributed by atoms with Gasteiger partial charge in [-0.05, 0) is 152 Å². The molecule has 4 N–H and O–H groups in total. The number of pyridine rings is 2. The van der Waals surface area contributed by atoms with Crippen LogP contribution in [0, 0.1) is 13.8 Å². The van der Waals surface area contributed by atoms with Crippen molar-refractivity contribution in [2.75, 3.05) is 17.2 Å². The van der Waals surface area contributed by atoms with Crippen molar-refractivity contribution in [1.29, 1.82) is 0 Å². The zero-order valence-electron chi connectivity index (χ0n) is 32.0. The van der Waals surface area contributed by atoms with E-state index in [9.17, 15) is 19.5 Å². The smallest absolute Gasteiger partial charge is 0.320 e. The average Bonchev–Trinajstić information content (AvgIpc) is 4.14. The molecular weight excluding hydrogens is 689 g/mol. The number of nitrogens with one attached hydrogen (secondary N) is 3. The molecule has 4 aromatic rings. The summed E-state index contributed by atoms with van der Waals surface area (Å²) in [5.74, 6) is -0.409. The van der Waals surface area contributed by atoms with Crippen molar-refractivity contribution < 1.29 is 19.5 Å². The van der Waals surface area contributed by atoms with Crippen LogP contribution in [-0.4, -0.2) is 56.4 Å². The normalized spacial score (nSPS) is 19.0. The summed E-state index contributed by atoms with van der Waals surface area (Å²) in [5, 5.41) is 19.8. The number of carbonyl (C=O) groups is 3. The number of anilines is 2. The summed E-state index contributed by atoms with van der Waals surface area (Å²) in [7, 11) is 0. The number of carboxylic acids is 1. The summed E-state index contributed by atoms with van der Waals surface area (Å²) >= 11 is 0. The largest absolute Gasteiger partial charge is 0.480 e. The Bertz CT molecular complexity index is 2100. The van der Waals surface area contributed by atoms with Gasteiger partial charge in [-0.2, -0.15) is 0 Å². The zero-order chi connectivity index (χ0) is 38.1. The average molecular weight is 741 g/mol. The van der Waals surface area contributed by atoms with Gasteiger partial charge in [0.1, 0.15) is 17.4 Å². The molecule has 8 rings (SSSR count). The van der Waals surface area contributed by atoms with Crippen LogP contribution >= 0.6 is 0 Å². The molecule has 2 aromatic carbocycles. The highest BCUT2D eigenvalue weighted by molar-refractivity contribution is 6.05. The van der Waals surface area contributed by atoms with Crippen LogP contribution in [0.1, 0.15) is 137 Å². The molecule has 2 aromatic heterocycles. The lowest BCUT2D eigenvalue weighted by Crippen LogP contribution is -2.44. The number of carboxylic acid groups (broad SMARTS) is 1. The number of amides is 2. The Kier molecular flexibility index (Phi) is 10.8. The Morgan fingerprint density at radius 1 is 0.709 bits per heavy atom. The number of rotatable bonds is 13. The summed E-state index contributed by atoms with van der Waals surface area (Å²) in [6.07, 6.45) is 15.7. The van der Waals surface area contributed by atoms with Gasteiger partial charge in [-0.3, -0.25) is 29.3 Å². The summed E-state index contributed by atoms with van der Waals surface area (Å²) in [5.41, 5.74) is 10.5. The molecule has 0 unspecified atom stereocenters. The van der Waals surface area contributed by atoms with Gasteiger partial charge < -0.3 is 21.1 Å². The number of likely N-dealkylation sites (tertiary alicyclic amines) is 1. The summed E-state index contributed by atoms with van der Waals surface area (Å²) < 4.78 is 0. The molecule has 3 aliphatic carbocycles.